The van der Waals surface area contributed by atoms with Crippen LogP contribution >= 0.6 is 0 Å². The van der Waals surface area contributed by atoms with Crippen molar-refractivity contribution in [1.82, 2.24) is 25.1 Å². The third kappa shape index (κ3) is 3.76. The largest absolute Gasteiger partial charge is 0.368 e. The molecule has 4 heterocycles. The van der Waals surface area contributed by atoms with Crippen molar-refractivity contribution < 1.29 is 0 Å². The van der Waals surface area contributed by atoms with Crippen LogP contribution in [0.5, 0.6) is 0 Å². The second kappa shape index (κ2) is 7.39. The third-order valence-electron chi connectivity index (χ3n) is 5.42. The number of piperidine rings is 1. The van der Waals surface area contributed by atoms with E-state index in [2.05, 4.69) is 25.3 Å². The van der Waals surface area contributed by atoms with Crippen molar-refractivity contribution in [2.45, 2.75) is 38.6 Å². The lowest BCUT2D eigenvalue weighted by atomic mass is 9.93. The Morgan fingerprint density at radius 3 is 2.80 bits per heavy atom. The van der Waals surface area contributed by atoms with Crippen LogP contribution in [-0.2, 0) is 19.4 Å². The van der Waals surface area contributed by atoms with Crippen LogP contribution in [0.15, 0.2) is 18.5 Å². The topological polar surface area (TPSA) is 84.9 Å². The van der Waals surface area contributed by atoms with Gasteiger partial charge >= 0.3 is 0 Å². The number of hydrogen-bond donors (Lipinski definition) is 2. The van der Waals surface area contributed by atoms with Gasteiger partial charge in [-0.25, -0.2) is 4.98 Å². The molecule has 2 aromatic heterocycles. The average molecular weight is 341 g/mol. The van der Waals surface area contributed by atoms with Gasteiger partial charge in [0.05, 0.1) is 5.69 Å². The van der Waals surface area contributed by atoms with Gasteiger partial charge in [-0.2, -0.15) is 10.1 Å². The van der Waals surface area contributed by atoms with E-state index < -0.39 is 0 Å². The molecule has 2 aliphatic heterocycles. The van der Waals surface area contributed by atoms with Crippen molar-refractivity contribution in [3.8, 4) is 0 Å². The zero-order chi connectivity index (χ0) is 17.1. The molecular weight excluding hydrogens is 314 g/mol. The van der Waals surface area contributed by atoms with Gasteiger partial charge in [0.15, 0.2) is 0 Å². The Bertz CT molecular complexity index is 690. The molecule has 0 aromatic carbocycles. The first kappa shape index (κ1) is 16.3. The Balaban J connectivity index is 1.41. The Morgan fingerprint density at radius 2 is 2.00 bits per heavy atom. The number of anilines is 2. The lowest BCUT2D eigenvalue weighted by Gasteiger charge is -2.34. The molecule has 1 fully saturated rings. The molecule has 0 amide bonds. The summed E-state index contributed by atoms with van der Waals surface area (Å²) in [4.78, 5) is 11.5. The van der Waals surface area contributed by atoms with Gasteiger partial charge < -0.3 is 16.0 Å². The molecule has 0 unspecified atom stereocenters. The quantitative estimate of drug-likeness (QED) is 0.871. The number of nitrogens with two attached hydrogens (primary N) is 1. The zero-order valence-corrected chi connectivity index (χ0v) is 14.7. The summed E-state index contributed by atoms with van der Waals surface area (Å²) >= 11 is 0. The number of nitrogen functional groups attached to an aromatic ring is 1. The molecular formula is C18H27N7. The second-order valence-electron chi connectivity index (χ2n) is 7.07. The predicted molar refractivity (Wildman–Crippen MR) is 98.5 cm³/mol. The van der Waals surface area contributed by atoms with Gasteiger partial charge in [0.25, 0.3) is 0 Å². The minimum absolute atomic E-state index is 0.413. The summed E-state index contributed by atoms with van der Waals surface area (Å²) < 4.78 is 2.03. The van der Waals surface area contributed by atoms with Crippen molar-refractivity contribution in [2.75, 3.05) is 36.8 Å². The maximum absolute atomic E-state index is 5.99. The standard InChI is InChI=1S/C18H27N7/c19-18-22-16-3-9-20-8-2-15(16)17(23-18)24-11-4-14(5-12-24)6-13-25-10-1-7-21-25/h1,7,10,14,20H,2-6,8-9,11-13H2,(H2,19,22,23). The Kier molecular flexibility index (Phi) is 4.83. The molecule has 25 heavy (non-hydrogen) atoms. The van der Waals surface area contributed by atoms with Crippen LogP contribution in [0.4, 0.5) is 11.8 Å². The van der Waals surface area contributed by atoms with Gasteiger partial charge in [0.1, 0.15) is 5.82 Å². The van der Waals surface area contributed by atoms with Gasteiger partial charge in [-0.1, -0.05) is 0 Å². The van der Waals surface area contributed by atoms with E-state index in [-0.39, 0.29) is 0 Å². The monoisotopic (exact) mass is 341 g/mol. The lowest BCUT2D eigenvalue weighted by Crippen LogP contribution is -2.35. The highest BCUT2D eigenvalue weighted by Crippen LogP contribution is 2.29. The Labute approximate surface area is 148 Å². The van der Waals surface area contributed by atoms with Gasteiger partial charge in [-0.3, -0.25) is 4.68 Å². The maximum atomic E-state index is 5.99. The van der Waals surface area contributed by atoms with Gasteiger partial charge in [-0.05, 0) is 44.2 Å². The second-order valence-corrected chi connectivity index (χ2v) is 7.07. The molecule has 0 spiro atoms. The summed E-state index contributed by atoms with van der Waals surface area (Å²) in [7, 11) is 0. The number of hydrogen-bond acceptors (Lipinski definition) is 6. The number of nitrogens with zero attached hydrogens (tertiary/aromatic N) is 5. The lowest BCUT2D eigenvalue weighted by molar-refractivity contribution is 0.353. The van der Waals surface area contributed by atoms with Crippen molar-refractivity contribution in [3.63, 3.8) is 0 Å². The van der Waals surface area contributed by atoms with Crippen LogP contribution in [0.1, 0.15) is 30.5 Å². The maximum Gasteiger partial charge on any atom is 0.222 e. The van der Waals surface area contributed by atoms with Gasteiger partial charge in [-0.15, -0.1) is 0 Å². The molecule has 2 aliphatic rings. The van der Waals surface area contributed by atoms with Crippen molar-refractivity contribution in [2.24, 2.45) is 5.92 Å². The third-order valence-corrected chi connectivity index (χ3v) is 5.42. The van der Waals surface area contributed by atoms with E-state index >= 15 is 0 Å². The SMILES string of the molecule is Nc1nc2c(c(N3CCC(CCn4cccn4)CC3)n1)CCNCC2. The first-order valence-electron chi connectivity index (χ1n) is 9.38. The first-order chi connectivity index (χ1) is 12.3. The number of nitrogens with one attached hydrogen (secondary N) is 1. The molecule has 0 radical (unpaired) electrons. The summed E-state index contributed by atoms with van der Waals surface area (Å²) in [6.45, 7) is 5.09. The Hall–Kier alpha value is -2.15. The van der Waals surface area contributed by atoms with E-state index in [1.807, 2.05) is 23.1 Å². The zero-order valence-electron chi connectivity index (χ0n) is 14.7. The molecule has 0 atom stereocenters. The molecule has 0 bridgehead atoms. The van der Waals surface area contributed by atoms with Crippen LogP contribution in [-0.4, -0.2) is 45.9 Å². The molecule has 3 N–H and O–H groups in total. The highest BCUT2D eigenvalue weighted by molar-refractivity contribution is 5.53. The van der Waals surface area contributed by atoms with Gasteiger partial charge in [0, 0.05) is 50.6 Å². The Morgan fingerprint density at radius 1 is 1.16 bits per heavy atom. The summed E-state index contributed by atoms with van der Waals surface area (Å²) in [5.41, 5.74) is 8.42. The van der Waals surface area contributed by atoms with Crippen LogP contribution in [0, 0.1) is 5.92 Å². The molecule has 0 aliphatic carbocycles. The van der Waals surface area contributed by atoms with Crippen LogP contribution in [0.3, 0.4) is 0 Å². The fraction of sp³-hybridized carbons (Fsp3) is 0.611. The fourth-order valence-corrected chi connectivity index (χ4v) is 3.99. The first-order valence-corrected chi connectivity index (χ1v) is 9.38. The average Bonchev–Trinajstić information content (AvgIpc) is 3.04. The molecule has 2 aromatic rings. The predicted octanol–water partition coefficient (Wildman–Crippen LogP) is 1.25. The van der Waals surface area contributed by atoms with Crippen LogP contribution < -0.4 is 16.0 Å². The van der Waals surface area contributed by atoms with E-state index in [4.69, 9.17) is 5.73 Å². The summed E-state index contributed by atoms with van der Waals surface area (Å²) in [6.07, 6.45) is 9.43. The summed E-state index contributed by atoms with van der Waals surface area (Å²) in [5.74, 6) is 2.26. The number of aromatic nitrogens is 4. The van der Waals surface area contributed by atoms with Crippen molar-refractivity contribution >= 4 is 11.8 Å². The van der Waals surface area contributed by atoms with E-state index in [0.29, 0.717) is 5.95 Å². The van der Waals surface area contributed by atoms with Crippen LogP contribution in [0.25, 0.3) is 0 Å². The highest BCUT2D eigenvalue weighted by Gasteiger charge is 2.24. The molecule has 7 heteroatoms. The molecule has 4 rings (SSSR count). The summed E-state index contributed by atoms with van der Waals surface area (Å²) in [5, 5.41) is 7.75. The van der Waals surface area contributed by atoms with E-state index in [1.54, 1.807) is 0 Å². The highest BCUT2D eigenvalue weighted by atomic mass is 15.3. The smallest absolute Gasteiger partial charge is 0.222 e. The number of aryl methyl sites for hydroxylation is 1. The van der Waals surface area contributed by atoms with Crippen LogP contribution in [0.2, 0.25) is 0 Å². The number of rotatable bonds is 4. The molecule has 134 valence electrons. The van der Waals surface area contributed by atoms with Crippen molar-refractivity contribution in [1.29, 1.82) is 0 Å². The summed E-state index contributed by atoms with van der Waals surface area (Å²) in [6, 6.07) is 1.99. The molecule has 7 nitrogen and oxygen atoms in total. The minimum atomic E-state index is 0.413. The molecule has 1 saturated heterocycles. The van der Waals surface area contributed by atoms with E-state index in [1.165, 1.54) is 24.8 Å². The van der Waals surface area contributed by atoms with Gasteiger partial charge in [0.2, 0.25) is 5.95 Å². The number of fused-ring (bicyclic) bond motifs is 1. The minimum Gasteiger partial charge on any atom is -0.368 e. The van der Waals surface area contributed by atoms with E-state index in [9.17, 15) is 0 Å². The molecule has 0 saturated carbocycles. The van der Waals surface area contributed by atoms with E-state index in [0.717, 1.165) is 63.0 Å². The fourth-order valence-electron chi connectivity index (χ4n) is 3.99. The normalized spacial score (nSPS) is 18.8. The van der Waals surface area contributed by atoms with Crippen molar-refractivity contribution in [3.05, 3.63) is 29.7 Å².